The number of thioether (sulfide) groups is 1. The molecule has 0 spiro atoms. The van der Waals surface area contributed by atoms with E-state index in [1.807, 2.05) is 20.2 Å². The molecular formula is C16H20N6S. The summed E-state index contributed by atoms with van der Waals surface area (Å²) in [5.74, 6) is 1.03. The van der Waals surface area contributed by atoms with E-state index in [0.717, 1.165) is 28.2 Å². The molecule has 0 saturated carbocycles. The number of nitrogens with zero attached hydrogens (tertiary/aromatic N) is 6. The van der Waals surface area contributed by atoms with Gasteiger partial charge >= 0.3 is 0 Å². The van der Waals surface area contributed by atoms with Gasteiger partial charge in [0, 0.05) is 25.5 Å². The van der Waals surface area contributed by atoms with Crippen molar-refractivity contribution in [2.45, 2.75) is 24.9 Å². The highest BCUT2D eigenvalue weighted by atomic mass is 32.2. The van der Waals surface area contributed by atoms with Crippen molar-refractivity contribution in [1.29, 1.82) is 0 Å². The lowest BCUT2D eigenvalue weighted by atomic mass is 10.2. The molecule has 3 aromatic rings. The molecule has 23 heavy (non-hydrogen) atoms. The third-order valence-electron chi connectivity index (χ3n) is 3.54. The summed E-state index contributed by atoms with van der Waals surface area (Å²) in [5.41, 5.74) is 2.96. The molecule has 0 aliphatic carbocycles. The fourth-order valence-electron chi connectivity index (χ4n) is 2.20. The average molecular weight is 328 g/mol. The maximum atomic E-state index is 4.67. The maximum absolute atomic E-state index is 4.67. The Morgan fingerprint density at radius 2 is 2.00 bits per heavy atom. The zero-order chi connectivity index (χ0) is 16.2. The van der Waals surface area contributed by atoms with Gasteiger partial charge in [-0.05, 0) is 40.6 Å². The minimum atomic E-state index is 0.709. The van der Waals surface area contributed by atoms with Crippen molar-refractivity contribution < 1.29 is 0 Å². The van der Waals surface area contributed by atoms with Crippen LogP contribution in [-0.2, 0) is 0 Å². The molecule has 0 saturated heterocycles. The van der Waals surface area contributed by atoms with Crippen LogP contribution in [0.5, 0.6) is 0 Å². The van der Waals surface area contributed by atoms with Crippen LogP contribution in [0, 0.1) is 0 Å². The zero-order valence-electron chi connectivity index (χ0n) is 13.6. The van der Waals surface area contributed by atoms with E-state index in [0.29, 0.717) is 5.65 Å². The summed E-state index contributed by atoms with van der Waals surface area (Å²) >= 11 is 1.70. The number of anilines is 1. The fraction of sp³-hybridized carbons (Fsp3) is 0.375. The molecule has 0 N–H and O–H groups in total. The second-order valence-electron chi connectivity index (χ2n) is 5.53. The number of hydrogen-bond acceptors (Lipinski definition) is 6. The lowest BCUT2D eigenvalue weighted by molar-refractivity contribution is 0.750. The van der Waals surface area contributed by atoms with Crippen molar-refractivity contribution in [2.75, 3.05) is 24.7 Å². The van der Waals surface area contributed by atoms with Crippen LogP contribution in [0.4, 0.5) is 5.69 Å². The predicted octanol–water partition coefficient (Wildman–Crippen LogP) is 2.03. The van der Waals surface area contributed by atoms with E-state index in [9.17, 15) is 0 Å². The number of tetrazole rings is 1. The van der Waals surface area contributed by atoms with E-state index >= 15 is 0 Å². The van der Waals surface area contributed by atoms with Crippen LogP contribution in [0.15, 0.2) is 29.4 Å². The van der Waals surface area contributed by atoms with E-state index in [2.05, 4.69) is 56.6 Å². The van der Waals surface area contributed by atoms with Crippen molar-refractivity contribution in [1.82, 2.24) is 25.0 Å². The van der Waals surface area contributed by atoms with Crippen molar-refractivity contribution in [3.63, 3.8) is 0 Å². The summed E-state index contributed by atoms with van der Waals surface area (Å²) in [4.78, 5) is 6.75. The van der Waals surface area contributed by atoms with Crippen LogP contribution in [0.3, 0.4) is 0 Å². The van der Waals surface area contributed by atoms with Gasteiger partial charge in [-0.1, -0.05) is 37.2 Å². The Bertz CT molecular complexity index is 824. The van der Waals surface area contributed by atoms with Crippen LogP contribution in [-0.4, -0.2) is 44.9 Å². The molecule has 3 rings (SSSR count). The van der Waals surface area contributed by atoms with E-state index in [4.69, 9.17) is 0 Å². The largest absolute Gasteiger partial charge is 0.378 e. The molecule has 0 bridgehead atoms. The lowest BCUT2D eigenvalue weighted by Gasteiger charge is -2.11. The molecule has 2 heterocycles. The summed E-state index contributed by atoms with van der Waals surface area (Å²) in [5, 5.41) is 13.6. The van der Waals surface area contributed by atoms with Gasteiger partial charge in [-0.15, -0.1) is 5.10 Å². The second-order valence-corrected chi connectivity index (χ2v) is 6.59. The Kier molecular flexibility index (Phi) is 4.76. The van der Waals surface area contributed by atoms with Gasteiger partial charge < -0.3 is 4.90 Å². The molecule has 0 amide bonds. The monoisotopic (exact) mass is 328 g/mol. The van der Waals surface area contributed by atoms with Gasteiger partial charge in [0.1, 0.15) is 5.35 Å². The highest BCUT2D eigenvalue weighted by molar-refractivity contribution is 7.99. The van der Waals surface area contributed by atoms with Crippen molar-refractivity contribution >= 4 is 29.2 Å². The molecule has 2 aromatic heterocycles. The van der Waals surface area contributed by atoms with E-state index in [1.165, 1.54) is 12.1 Å². The van der Waals surface area contributed by atoms with Crippen LogP contribution >= 0.6 is 11.8 Å². The van der Waals surface area contributed by atoms with E-state index in [1.54, 1.807) is 16.3 Å². The highest BCUT2D eigenvalue weighted by Crippen LogP contribution is 2.16. The number of aromatic nitrogens is 5. The van der Waals surface area contributed by atoms with E-state index in [-0.39, 0.29) is 0 Å². The maximum Gasteiger partial charge on any atom is 0.207 e. The third kappa shape index (κ3) is 3.44. The minimum Gasteiger partial charge on any atom is -0.378 e. The molecule has 0 radical (unpaired) electrons. The van der Waals surface area contributed by atoms with Crippen LogP contribution in [0.25, 0.3) is 11.7 Å². The Balaban J connectivity index is 1.93. The molecule has 120 valence electrons. The van der Waals surface area contributed by atoms with Gasteiger partial charge in [0.25, 0.3) is 0 Å². The SMILES string of the molecule is CCCCSc1n/c(=C\c2ccc(N(C)C)cc2)c2nnnn12. The third-order valence-corrected chi connectivity index (χ3v) is 4.55. The zero-order valence-corrected chi connectivity index (χ0v) is 14.4. The Morgan fingerprint density at radius 3 is 2.70 bits per heavy atom. The number of benzene rings is 1. The Morgan fingerprint density at radius 1 is 1.22 bits per heavy atom. The second kappa shape index (κ2) is 6.95. The molecule has 7 heteroatoms. The number of fused-ring (bicyclic) bond motifs is 1. The molecule has 6 nitrogen and oxygen atoms in total. The number of unbranched alkanes of at least 4 members (excludes halogenated alkanes) is 1. The molecule has 0 atom stereocenters. The smallest absolute Gasteiger partial charge is 0.207 e. The topological polar surface area (TPSA) is 59.2 Å². The van der Waals surface area contributed by atoms with Crippen molar-refractivity contribution in [3.05, 3.63) is 35.2 Å². The minimum absolute atomic E-state index is 0.709. The predicted molar refractivity (Wildman–Crippen MR) is 93.8 cm³/mol. The number of imidazole rings is 1. The van der Waals surface area contributed by atoms with Gasteiger partial charge in [-0.3, -0.25) is 0 Å². The number of rotatable bonds is 6. The highest BCUT2D eigenvalue weighted by Gasteiger charge is 2.10. The quantitative estimate of drug-likeness (QED) is 0.510. The standard InChI is InChI=1S/C16H20N6S/c1-4-5-10-23-16-17-14(15-18-19-20-22(15)16)11-12-6-8-13(9-7-12)21(2)3/h6-9,11H,4-5,10H2,1-3H3/b14-11-. The van der Waals surface area contributed by atoms with Gasteiger partial charge in [0.15, 0.2) is 5.16 Å². The lowest BCUT2D eigenvalue weighted by Crippen LogP contribution is -2.08. The Labute approximate surface area is 139 Å². The van der Waals surface area contributed by atoms with Crippen molar-refractivity contribution in [2.24, 2.45) is 0 Å². The normalized spacial score (nSPS) is 12.2. The first-order chi connectivity index (χ1) is 11.2. The molecule has 0 aliphatic heterocycles. The van der Waals surface area contributed by atoms with Crippen LogP contribution < -0.4 is 10.2 Å². The number of hydrogen-bond donors (Lipinski definition) is 0. The molecule has 0 aliphatic rings. The first kappa shape index (κ1) is 15.7. The van der Waals surface area contributed by atoms with Crippen molar-refractivity contribution in [3.8, 4) is 0 Å². The molecule has 0 fully saturated rings. The van der Waals surface area contributed by atoms with Gasteiger partial charge in [0.2, 0.25) is 5.65 Å². The first-order valence-corrected chi connectivity index (χ1v) is 8.67. The van der Waals surface area contributed by atoms with Gasteiger partial charge in [-0.2, -0.15) is 4.52 Å². The molecule has 0 unspecified atom stereocenters. The summed E-state index contributed by atoms with van der Waals surface area (Å²) in [6.45, 7) is 2.18. The summed E-state index contributed by atoms with van der Waals surface area (Å²) < 4.78 is 1.72. The van der Waals surface area contributed by atoms with Crippen LogP contribution in [0.2, 0.25) is 0 Å². The Hall–Kier alpha value is -2.15. The summed E-state index contributed by atoms with van der Waals surface area (Å²) in [6.07, 6.45) is 4.35. The average Bonchev–Trinajstić information content (AvgIpc) is 3.13. The van der Waals surface area contributed by atoms with Gasteiger partial charge in [-0.25, -0.2) is 4.98 Å². The summed E-state index contributed by atoms with van der Waals surface area (Å²) in [7, 11) is 4.06. The van der Waals surface area contributed by atoms with E-state index < -0.39 is 0 Å². The van der Waals surface area contributed by atoms with Crippen LogP contribution in [0.1, 0.15) is 25.3 Å². The first-order valence-electron chi connectivity index (χ1n) is 7.68. The molecular weight excluding hydrogens is 308 g/mol. The van der Waals surface area contributed by atoms with Gasteiger partial charge in [0.05, 0.1) is 0 Å². The molecule has 1 aromatic carbocycles. The fourth-order valence-corrected chi connectivity index (χ4v) is 3.22. The summed E-state index contributed by atoms with van der Waals surface area (Å²) in [6, 6.07) is 8.33.